The number of pyridine rings is 1. The van der Waals surface area contributed by atoms with Gasteiger partial charge in [-0.25, -0.2) is 4.98 Å². The molecule has 0 spiro atoms. The van der Waals surface area contributed by atoms with Crippen LogP contribution in [0, 0.1) is 10.1 Å². The molecule has 2 aromatic heterocycles. The number of aromatic nitrogens is 2. The minimum absolute atomic E-state index is 0.0735. The molecule has 0 bridgehead atoms. The van der Waals surface area contributed by atoms with Gasteiger partial charge in [0, 0.05) is 16.7 Å². The number of rotatable bonds is 2. The van der Waals surface area contributed by atoms with Gasteiger partial charge < -0.3 is 5.73 Å². The molecular weight excluding hydrogens is 360 g/mol. The molecule has 3 rings (SSSR count). The zero-order valence-electron chi connectivity index (χ0n) is 10.5. The van der Waals surface area contributed by atoms with Crippen LogP contribution >= 0.6 is 27.5 Å². The van der Waals surface area contributed by atoms with Crippen molar-refractivity contribution >= 4 is 44.7 Å². The van der Waals surface area contributed by atoms with Crippen molar-refractivity contribution in [3.05, 3.63) is 56.1 Å². The predicted octanol–water partition coefficient (Wildman–Crippen LogP) is 3.91. The summed E-state index contributed by atoms with van der Waals surface area (Å²) < 4.78 is 2.21. The van der Waals surface area contributed by atoms with Crippen molar-refractivity contribution < 1.29 is 4.92 Å². The number of nitro benzene ring substituents is 1. The molecule has 2 N–H and O–H groups in total. The van der Waals surface area contributed by atoms with E-state index >= 15 is 0 Å². The second-order valence-electron chi connectivity index (χ2n) is 4.31. The van der Waals surface area contributed by atoms with Gasteiger partial charge in [-0.3, -0.25) is 14.5 Å². The van der Waals surface area contributed by atoms with Gasteiger partial charge in [0.15, 0.2) is 5.65 Å². The number of imidazole rings is 1. The first kappa shape index (κ1) is 13.8. The maximum absolute atomic E-state index is 11.2. The molecule has 0 unspecified atom stereocenters. The number of hydrogen-bond acceptors (Lipinski definition) is 4. The number of nitrogens with two attached hydrogens (primary N) is 1. The zero-order chi connectivity index (χ0) is 15.1. The maximum Gasteiger partial charge on any atom is 0.280 e. The average molecular weight is 368 g/mol. The molecule has 0 aliphatic heterocycles. The fourth-order valence-electron chi connectivity index (χ4n) is 2.11. The van der Waals surface area contributed by atoms with Crippen LogP contribution in [-0.4, -0.2) is 14.3 Å². The molecule has 0 amide bonds. The van der Waals surface area contributed by atoms with Crippen molar-refractivity contribution in [2.45, 2.75) is 0 Å². The topological polar surface area (TPSA) is 86.5 Å². The molecule has 0 aliphatic carbocycles. The monoisotopic (exact) mass is 366 g/mol. The highest BCUT2D eigenvalue weighted by atomic mass is 79.9. The number of nitro groups is 1. The summed E-state index contributed by atoms with van der Waals surface area (Å²) in [6.45, 7) is 0. The van der Waals surface area contributed by atoms with E-state index < -0.39 is 4.92 Å². The third kappa shape index (κ3) is 2.24. The van der Waals surface area contributed by atoms with Crippen LogP contribution in [0.25, 0.3) is 16.9 Å². The Hall–Kier alpha value is -2.12. The van der Waals surface area contributed by atoms with Gasteiger partial charge in [-0.1, -0.05) is 27.5 Å². The smallest absolute Gasteiger partial charge is 0.280 e. The van der Waals surface area contributed by atoms with Gasteiger partial charge in [0.2, 0.25) is 0 Å². The summed E-state index contributed by atoms with van der Waals surface area (Å²) in [6, 6.07) is 8.14. The summed E-state index contributed by atoms with van der Waals surface area (Å²) in [6.07, 6.45) is 1.71. The van der Waals surface area contributed by atoms with E-state index in [0.717, 1.165) is 0 Å². The highest BCUT2D eigenvalue weighted by Gasteiger charge is 2.22. The quantitative estimate of drug-likeness (QED) is 0.549. The average Bonchev–Trinajstić information content (AvgIpc) is 2.78. The lowest BCUT2D eigenvalue weighted by Crippen LogP contribution is -1.96. The number of nitrogens with zero attached hydrogens (tertiary/aromatic N) is 3. The Balaban J connectivity index is 2.33. The van der Waals surface area contributed by atoms with E-state index in [1.165, 1.54) is 6.07 Å². The molecule has 0 saturated carbocycles. The first-order valence-electron chi connectivity index (χ1n) is 5.85. The third-order valence-electron chi connectivity index (χ3n) is 3.05. The van der Waals surface area contributed by atoms with Crippen LogP contribution in [0.3, 0.4) is 0 Å². The molecule has 0 saturated heterocycles. The number of nitrogen functional groups attached to an aromatic ring is 1. The fraction of sp³-hybridized carbons (Fsp3) is 0. The summed E-state index contributed by atoms with van der Waals surface area (Å²) in [5.41, 5.74) is 7.13. The molecule has 3 aromatic rings. The number of hydrogen-bond donors (Lipinski definition) is 1. The first-order valence-corrected chi connectivity index (χ1v) is 7.02. The molecule has 0 atom stereocenters. The van der Waals surface area contributed by atoms with E-state index in [2.05, 4.69) is 20.9 Å². The van der Waals surface area contributed by atoms with Gasteiger partial charge in [-0.15, -0.1) is 0 Å². The van der Waals surface area contributed by atoms with E-state index in [4.69, 9.17) is 17.3 Å². The summed E-state index contributed by atoms with van der Waals surface area (Å²) in [4.78, 5) is 15.1. The first-order chi connectivity index (χ1) is 9.99. The normalized spacial score (nSPS) is 11.0. The van der Waals surface area contributed by atoms with E-state index in [9.17, 15) is 10.1 Å². The van der Waals surface area contributed by atoms with Crippen LogP contribution in [0.2, 0.25) is 5.02 Å². The van der Waals surface area contributed by atoms with Gasteiger partial charge in [0.25, 0.3) is 5.69 Å². The Morgan fingerprint density at radius 3 is 2.81 bits per heavy atom. The summed E-state index contributed by atoms with van der Waals surface area (Å²) in [5.74, 6) is 0.304. The lowest BCUT2D eigenvalue weighted by molar-refractivity contribution is -0.384. The van der Waals surface area contributed by atoms with E-state index in [1.807, 2.05) is 0 Å². The molecule has 6 nitrogen and oxygen atoms in total. The van der Waals surface area contributed by atoms with Crippen LogP contribution in [0.5, 0.6) is 0 Å². The highest BCUT2D eigenvalue weighted by molar-refractivity contribution is 9.10. The molecule has 1 aromatic carbocycles. The summed E-state index contributed by atoms with van der Waals surface area (Å²) >= 11 is 9.30. The second kappa shape index (κ2) is 5.01. The maximum atomic E-state index is 11.2. The molecule has 0 aliphatic rings. The van der Waals surface area contributed by atoms with Crippen LogP contribution in [0.1, 0.15) is 0 Å². The molecule has 21 heavy (non-hydrogen) atoms. The molecule has 2 heterocycles. The summed E-state index contributed by atoms with van der Waals surface area (Å²) in [5, 5.41) is 11.7. The Bertz CT molecular complexity index is 878. The molecular formula is C13H8BrClN4O2. The highest BCUT2D eigenvalue weighted by Crippen LogP contribution is 2.36. The van der Waals surface area contributed by atoms with Gasteiger partial charge in [-0.05, 0) is 24.3 Å². The Kier molecular flexibility index (Phi) is 3.30. The third-order valence-corrected chi connectivity index (χ3v) is 3.84. The van der Waals surface area contributed by atoms with Gasteiger partial charge in [-0.2, -0.15) is 0 Å². The number of anilines is 1. The Morgan fingerprint density at radius 1 is 1.38 bits per heavy atom. The fourth-order valence-corrected chi connectivity index (χ4v) is 2.66. The largest absolute Gasteiger partial charge is 0.383 e. The molecule has 0 radical (unpaired) electrons. The van der Waals surface area contributed by atoms with Crippen LogP contribution < -0.4 is 5.73 Å². The Labute approximate surface area is 132 Å². The Morgan fingerprint density at radius 2 is 2.14 bits per heavy atom. The summed E-state index contributed by atoms with van der Waals surface area (Å²) in [7, 11) is 0. The second-order valence-corrected chi connectivity index (χ2v) is 5.64. The van der Waals surface area contributed by atoms with Crippen molar-refractivity contribution in [1.29, 1.82) is 0 Å². The van der Waals surface area contributed by atoms with Crippen molar-refractivity contribution in [2.75, 3.05) is 5.73 Å². The minimum Gasteiger partial charge on any atom is -0.383 e. The zero-order valence-corrected chi connectivity index (χ0v) is 12.8. The number of benzene rings is 1. The van der Waals surface area contributed by atoms with E-state index in [-0.39, 0.29) is 5.69 Å². The number of fused-ring (bicyclic) bond motifs is 1. The van der Waals surface area contributed by atoms with E-state index in [0.29, 0.717) is 32.2 Å². The standard InChI is InChI=1S/C13H8BrClN4O2/c14-7-3-4-8(10(6-7)19(20)21)11-12(16)18-5-1-2-9(15)13(18)17-11/h1-6H,16H2. The van der Waals surface area contributed by atoms with Crippen LogP contribution in [0.15, 0.2) is 41.0 Å². The molecule has 106 valence electrons. The van der Waals surface area contributed by atoms with Crippen LogP contribution in [-0.2, 0) is 0 Å². The number of halogens is 2. The van der Waals surface area contributed by atoms with Crippen LogP contribution in [0.4, 0.5) is 11.5 Å². The SMILES string of the molecule is Nc1c(-c2ccc(Br)cc2[N+](=O)[O-])nc2c(Cl)cccn12. The van der Waals surface area contributed by atoms with Gasteiger partial charge in [0.1, 0.15) is 11.5 Å². The van der Waals surface area contributed by atoms with Crippen molar-refractivity contribution in [3.8, 4) is 11.3 Å². The van der Waals surface area contributed by atoms with Crippen molar-refractivity contribution in [2.24, 2.45) is 0 Å². The van der Waals surface area contributed by atoms with Crippen molar-refractivity contribution in [3.63, 3.8) is 0 Å². The van der Waals surface area contributed by atoms with Gasteiger partial charge >= 0.3 is 0 Å². The van der Waals surface area contributed by atoms with E-state index in [1.54, 1.807) is 34.9 Å². The molecule has 0 fully saturated rings. The lowest BCUT2D eigenvalue weighted by Gasteiger charge is -2.02. The van der Waals surface area contributed by atoms with Crippen molar-refractivity contribution in [1.82, 2.24) is 9.38 Å². The molecule has 8 heteroatoms. The lowest BCUT2D eigenvalue weighted by atomic mass is 10.1. The van der Waals surface area contributed by atoms with Gasteiger partial charge in [0.05, 0.1) is 15.5 Å². The minimum atomic E-state index is -0.467. The predicted molar refractivity (Wildman–Crippen MR) is 84.4 cm³/mol.